The number of hydrogen-bond donors (Lipinski definition) is 3. The summed E-state index contributed by atoms with van der Waals surface area (Å²) in [5.74, 6) is -1.89. The highest BCUT2D eigenvalue weighted by Crippen LogP contribution is 2.20. The lowest BCUT2D eigenvalue weighted by Gasteiger charge is -2.10. The van der Waals surface area contributed by atoms with Gasteiger partial charge in [0.2, 0.25) is 0 Å². The number of aliphatic hydroxyl groups excluding tert-OH is 1. The average molecular weight is 249 g/mol. The van der Waals surface area contributed by atoms with Gasteiger partial charge in [-0.15, -0.1) is 0 Å². The second kappa shape index (κ2) is 4.89. The van der Waals surface area contributed by atoms with Gasteiger partial charge in [0.25, 0.3) is 5.91 Å². The third-order valence-electron chi connectivity index (χ3n) is 2.51. The molecular weight excluding hydrogens is 238 g/mol. The molecule has 1 atom stereocenters. The maximum Gasteiger partial charge on any atom is 0.328 e. The summed E-state index contributed by atoms with van der Waals surface area (Å²) in [4.78, 5) is 22.5. The number of carbonyl (C=O) groups is 2. The highest BCUT2D eigenvalue weighted by atomic mass is 16.4. The van der Waals surface area contributed by atoms with Crippen LogP contribution in [0.2, 0.25) is 0 Å². The second-order valence-electron chi connectivity index (χ2n) is 3.69. The van der Waals surface area contributed by atoms with Crippen LogP contribution >= 0.6 is 0 Å². The van der Waals surface area contributed by atoms with Crippen LogP contribution in [0.3, 0.4) is 0 Å². The van der Waals surface area contributed by atoms with Crippen molar-refractivity contribution in [3.05, 3.63) is 36.1 Å². The van der Waals surface area contributed by atoms with Crippen molar-refractivity contribution in [3.63, 3.8) is 0 Å². The molecule has 0 bridgehead atoms. The first-order valence-corrected chi connectivity index (χ1v) is 5.24. The van der Waals surface area contributed by atoms with E-state index in [2.05, 4.69) is 5.32 Å². The van der Waals surface area contributed by atoms with Crippen molar-refractivity contribution in [1.82, 2.24) is 5.32 Å². The number of fused-ring (bicyclic) bond motifs is 1. The van der Waals surface area contributed by atoms with Gasteiger partial charge in [0.1, 0.15) is 11.8 Å². The molecule has 2 rings (SSSR count). The molecule has 0 spiro atoms. The summed E-state index contributed by atoms with van der Waals surface area (Å²) < 4.78 is 5.18. The van der Waals surface area contributed by atoms with E-state index < -0.39 is 24.5 Å². The predicted octanol–water partition coefficient (Wildman–Crippen LogP) is 0.608. The van der Waals surface area contributed by atoms with Crippen LogP contribution in [-0.4, -0.2) is 34.7 Å². The Bertz CT molecular complexity index is 589. The minimum atomic E-state index is -1.33. The number of carboxylic acids is 1. The molecule has 94 valence electrons. The number of nitrogens with one attached hydrogen (secondary N) is 1. The fraction of sp³-hybridized carbons (Fsp3) is 0.167. The summed E-state index contributed by atoms with van der Waals surface area (Å²) in [6.07, 6.45) is 1.26. The number of aliphatic carboxylic acids is 1. The van der Waals surface area contributed by atoms with Crippen LogP contribution in [0.5, 0.6) is 0 Å². The molecular formula is C12H11NO5. The molecule has 6 nitrogen and oxygen atoms in total. The van der Waals surface area contributed by atoms with E-state index in [4.69, 9.17) is 14.6 Å². The van der Waals surface area contributed by atoms with Gasteiger partial charge < -0.3 is 19.9 Å². The van der Waals surface area contributed by atoms with Crippen LogP contribution in [0.4, 0.5) is 0 Å². The van der Waals surface area contributed by atoms with Gasteiger partial charge in [0, 0.05) is 5.39 Å². The molecule has 2 aromatic rings. The molecule has 1 amide bonds. The highest BCUT2D eigenvalue weighted by Gasteiger charge is 2.21. The smallest absolute Gasteiger partial charge is 0.328 e. The van der Waals surface area contributed by atoms with Crippen molar-refractivity contribution in [2.24, 2.45) is 0 Å². The second-order valence-corrected chi connectivity index (χ2v) is 3.69. The lowest BCUT2D eigenvalue weighted by atomic mass is 10.1. The predicted molar refractivity (Wildman–Crippen MR) is 62.2 cm³/mol. The first-order chi connectivity index (χ1) is 8.63. The Hall–Kier alpha value is -2.34. The Balaban J connectivity index is 2.26. The van der Waals surface area contributed by atoms with Crippen molar-refractivity contribution in [2.45, 2.75) is 6.04 Å². The van der Waals surface area contributed by atoms with E-state index in [1.54, 1.807) is 24.3 Å². The van der Waals surface area contributed by atoms with Gasteiger partial charge in [0.15, 0.2) is 6.04 Å². The summed E-state index contributed by atoms with van der Waals surface area (Å²) >= 11 is 0. The summed E-state index contributed by atoms with van der Waals surface area (Å²) in [6.45, 7) is -0.670. The highest BCUT2D eigenvalue weighted by molar-refractivity contribution is 6.06. The maximum atomic E-state index is 11.8. The quantitative estimate of drug-likeness (QED) is 0.737. The van der Waals surface area contributed by atoms with E-state index in [0.717, 1.165) is 0 Å². The maximum absolute atomic E-state index is 11.8. The van der Waals surface area contributed by atoms with Crippen molar-refractivity contribution in [3.8, 4) is 0 Å². The number of rotatable bonds is 4. The summed E-state index contributed by atoms with van der Waals surface area (Å²) in [5.41, 5.74) is 0.781. The lowest BCUT2D eigenvalue weighted by molar-refractivity contribution is -0.140. The SMILES string of the molecule is O=C(NC(CO)C(=O)O)c1coc2ccccc12. The molecule has 3 N–H and O–H groups in total. The molecule has 6 heteroatoms. The normalized spacial score (nSPS) is 12.3. The van der Waals surface area contributed by atoms with Crippen LogP contribution in [-0.2, 0) is 4.79 Å². The van der Waals surface area contributed by atoms with E-state index in [1.165, 1.54) is 6.26 Å². The van der Waals surface area contributed by atoms with Crippen molar-refractivity contribution >= 4 is 22.8 Å². The zero-order chi connectivity index (χ0) is 13.1. The summed E-state index contributed by atoms with van der Waals surface area (Å²) in [6, 6.07) is 5.58. The Kier molecular flexibility index (Phi) is 3.29. The molecule has 0 radical (unpaired) electrons. The zero-order valence-electron chi connectivity index (χ0n) is 9.29. The Labute approximate surface area is 102 Å². The van der Waals surface area contributed by atoms with E-state index in [0.29, 0.717) is 11.0 Å². The fourth-order valence-corrected chi connectivity index (χ4v) is 1.58. The number of para-hydroxylation sites is 1. The fourth-order valence-electron chi connectivity index (χ4n) is 1.58. The third-order valence-corrected chi connectivity index (χ3v) is 2.51. The summed E-state index contributed by atoms with van der Waals surface area (Å²) in [7, 11) is 0. The first-order valence-electron chi connectivity index (χ1n) is 5.24. The molecule has 1 aromatic heterocycles. The lowest BCUT2D eigenvalue weighted by Crippen LogP contribution is -2.43. The van der Waals surface area contributed by atoms with Crippen molar-refractivity contribution in [1.29, 1.82) is 0 Å². The standard InChI is InChI=1S/C12H11NO5/c14-5-9(12(16)17)13-11(15)8-6-18-10-4-2-1-3-7(8)10/h1-4,6,9,14H,5H2,(H,13,15)(H,16,17). The van der Waals surface area contributed by atoms with Gasteiger partial charge in [0.05, 0.1) is 12.2 Å². The number of aliphatic hydroxyl groups is 1. The minimum absolute atomic E-state index is 0.241. The Morgan fingerprint density at radius 3 is 2.72 bits per heavy atom. The molecule has 0 aliphatic carbocycles. The van der Waals surface area contributed by atoms with E-state index in [1.807, 2.05) is 0 Å². The minimum Gasteiger partial charge on any atom is -0.480 e. The molecule has 0 aliphatic heterocycles. The van der Waals surface area contributed by atoms with Crippen LogP contribution in [0, 0.1) is 0 Å². The van der Waals surface area contributed by atoms with E-state index >= 15 is 0 Å². The monoisotopic (exact) mass is 249 g/mol. The molecule has 18 heavy (non-hydrogen) atoms. The number of furan rings is 1. The van der Waals surface area contributed by atoms with Crippen molar-refractivity contribution in [2.75, 3.05) is 6.61 Å². The van der Waals surface area contributed by atoms with E-state index in [9.17, 15) is 9.59 Å². The van der Waals surface area contributed by atoms with Gasteiger partial charge in [-0.3, -0.25) is 4.79 Å². The van der Waals surface area contributed by atoms with Crippen LogP contribution in [0.15, 0.2) is 34.9 Å². The average Bonchev–Trinajstić information content (AvgIpc) is 2.79. The molecule has 0 saturated carbocycles. The van der Waals surface area contributed by atoms with Crippen LogP contribution in [0.25, 0.3) is 11.0 Å². The number of benzene rings is 1. The van der Waals surface area contributed by atoms with Crippen molar-refractivity contribution < 1.29 is 24.2 Å². The Morgan fingerprint density at radius 2 is 2.06 bits per heavy atom. The largest absolute Gasteiger partial charge is 0.480 e. The topological polar surface area (TPSA) is 99.8 Å². The zero-order valence-corrected chi connectivity index (χ0v) is 9.29. The molecule has 1 aromatic carbocycles. The molecule has 0 fully saturated rings. The molecule has 0 aliphatic rings. The number of amides is 1. The number of carbonyl (C=O) groups excluding carboxylic acids is 1. The van der Waals surface area contributed by atoms with Gasteiger partial charge in [-0.05, 0) is 6.07 Å². The van der Waals surface area contributed by atoms with Gasteiger partial charge in [-0.1, -0.05) is 18.2 Å². The summed E-state index contributed by atoms with van der Waals surface area (Å²) in [5, 5.41) is 20.4. The third kappa shape index (κ3) is 2.18. The van der Waals surface area contributed by atoms with Gasteiger partial charge >= 0.3 is 5.97 Å². The van der Waals surface area contributed by atoms with Gasteiger partial charge in [-0.2, -0.15) is 0 Å². The first kappa shape index (κ1) is 12.1. The van der Waals surface area contributed by atoms with Crippen LogP contribution in [0.1, 0.15) is 10.4 Å². The molecule has 1 heterocycles. The van der Waals surface area contributed by atoms with Gasteiger partial charge in [-0.25, -0.2) is 4.79 Å². The number of hydrogen-bond acceptors (Lipinski definition) is 4. The number of carboxylic acid groups (broad SMARTS) is 1. The van der Waals surface area contributed by atoms with E-state index in [-0.39, 0.29) is 5.56 Å². The van der Waals surface area contributed by atoms with Crippen LogP contribution < -0.4 is 5.32 Å². The molecule has 0 saturated heterocycles. The Morgan fingerprint density at radius 1 is 1.33 bits per heavy atom. The molecule has 1 unspecified atom stereocenters.